The van der Waals surface area contributed by atoms with Crippen molar-refractivity contribution in [3.8, 4) is 5.75 Å². The van der Waals surface area contributed by atoms with Crippen LogP contribution in [-0.2, 0) is 81.1 Å². The Bertz CT molecular complexity index is 4390. The molecule has 450 valence electrons. The molecule has 2 heterocycles. The fourth-order valence-electron chi connectivity index (χ4n) is 10.5. The molecule has 1 atom stereocenters. The SMILES string of the molecule is COCCN1/C(=C/C=C/C=C/C2=[N+](CCCCCC(=O)Oc3c(F)c(F)c(S(=O)(=O)[O-])c(F)c3F)c3ccc4c(S(=O)(=O)[O-])cc(S(=O)(=O)[O-])cc4c3C2(C)C)C(C)(CCCS(=O)(=O)[O-])c2c1ccc1c(S(=O)(=O)[O-])cc(S(=O)(=O)[O-])cc21. The molecule has 0 N–H and O–H groups in total. The van der Waals surface area contributed by atoms with Crippen LogP contribution in [0, 0.1) is 23.3 Å². The second kappa shape index (κ2) is 23.1. The van der Waals surface area contributed by atoms with Gasteiger partial charge in [0.15, 0.2) is 17.3 Å². The van der Waals surface area contributed by atoms with Gasteiger partial charge in [0, 0.05) is 72.1 Å². The van der Waals surface area contributed by atoms with Crippen molar-refractivity contribution in [3.05, 3.63) is 119 Å². The number of ether oxygens (including phenoxy) is 2. The number of methoxy groups -OCH3 is 1. The summed E-state index contributed by atoms with van der Waals surface area (Å²) in [6.07, 6.45) is 6.52. The Morgan fingerprint density at radius 3 is 1.67 bits per heavy atom. The monoisotopic (exact) mass is 1280 g/mol. The summed E-state index contributed by atoms with van der Waals surface area (Å²) < 4.78 is 289. The normalized spacial score (nSPS) is 17.5. The van der Waals surface area contributed by atoms with Crippen LogP contribution in [0.15, 0.2) is 109 Å². The standard InChI is InChI=1S/C50H50F4N2O21S6/c1-49(2)38(12-7-5-8-13-39-50(3,19-11-23-78(58,59)60)42-33-25-29(80(64,65)66)27-37(82(70,71)72)31(33)16-18-35(42)56(39)21-22-76-4)55(34-17-15-30-32(41(34)49)24-28(79(61,62)63)26-36(30)81(67,68)69)20-10-6-9-14-40(57)77-47-43(51)45(53)48(83(73,74)75)46(54)44(47)52/h5,7-8,12-13,15-18,24-27H,6,9-11,14,19-23H2,1-4H3,(H5-,58,59,60,61,62,63,64,65,66,67,68,69,70,71,72,73,74,75)/p-5. The highest BCUT2D eigenvalue weighted by atomic mass is 32.2. The Hall–Kier alpha value is -6.08. The maximum atomic E-state index is 14.6. The lowest BCUT2D eigenvalue weighted by Crippen LogP contribution is -2.31. The summed E-state index contributed by atoms with van der Waals surface area (Å²) in [7, 11) is -31.2. The lowest BCUT2D eigenvalue weighted by molar-refractivity contribution is -0.438. The van der Waals surface area contributed by atoms with E-state index in [-0.39, 0.29) is 90.2 Å². The molecule has 2 aliphatic rings. The van der Waals surface area contributed by atoms with Gasteiger partial charge in [-0.25, -0.2) is 59.3 Å². The van der Waals surface area contributed by atoms with Crippen molar-refractivity contribution >= 4 is 105 Å². The van der Waals surface area contributed by atoms with Gasteiger partial charge in [-0.15, -0.1) is 0 Å². The van der Waals surface area contributed by atoms with Crippen LogP contribution in [0.3, 0.4) is 0 Å². The molecule has 83 heavy (non-hydrogen) atoms. The third-order valence-electron chi connectivity index (χ3n) is 14.0. The van der Waals surface area contributed by atoms with E-state index in [1.807, 2.05) is 0 Å². The fraction of sp³-hybridized carbons (Fsp3) is 0.320. The molecule has 0 radical (unpaired) electrons. The van der Waals surface area contributed by atoms with Crippen molar-refractivity contribution in [2.45, 2.75) is 94.6 Å². The predicted octanol–water partition coefficient (Wildman–Crippen LogP) is 5.36. The zero-order chi connectivity index (χ0) is 62.0. The number of anilines is 1. The summed E-state index contributed by atoms with van der Waals surface area (Å²) in [6.45, 7) is 4.90. The molecule has 0 aliphatic carbocycles. The van der Waals surface area contributed by atoms with E-state index in [1.165, 1.54) is 49.6 Å². The van der Waals surface area contributed by atoms with Crippen LogP contribution in [0.25, 0.3) is 21.5 Å². The largest absolute Gasteiger partial charge is 0.748 e. The van der Waals surface area contributed by atoms with E-state index in [0.717, 1.165) is 12.1 Å². The van der Waals surface area contributed by atoms with Crippen LogP contribution in [0.2, 0.25) is 0 Å². The maximum Gasteiger partial charge on any atom is 0.311 e. The lowest BCUT2D eigenvalue weighted by atomic mass is 9.75. The van der Waals surface area contributed by atoms with Crippen molar-refractivity contribution < 1.29 is 114 Å². The fourth-order valence-corrected chi connectivity index (χ4v) is 14.2. The van der Waals surface area contributed by atoms with Gasteiger partial charge in [-0.1, -0.05) is 24.3 Å². The van der Waals surface area contributed by atoms with Gasteiger partial charge in [0.2, 0.25) is 23.1 Å². The summed E-state index contributed by atoms with van der Waals surface area (Å²) >= 11 is 0. The van der Waals surface area contributed by atoms with E-state index >= 15 is 0 Å². The first-order valence-electron chi connectivity index (χ1n) is 24.1. The first kappa shape index (κ1) is 64.5. The van der Waals surface area contributed by atoms with Crippen LogP contribution in [0.1, 0.15) is 70.4 Å². The van der Waals surface area contributed by atoms with Gasteiger partial charge in [-0.2, -0.15) is 13.4 Å². The van der Waals surface area contributed by atoms with Crippen LogP contribution < -0.4 is 9.64 Å². The van der Waals surface area contributed by atoms with Crippen molar-refractivity contribution in [3.63, 3.8) is 0 Å². The molecular formula is C50H45F4N2O21S6-5. The molecule has 0 saturated heterocycles. The highest BCUT2D eigenvalue weighted by Gasteiger charge is 2.47. The Morgan fingerprint density at radius 2 is 1.17 bits per heavy atom. The van der Waals surface area contributed by atoms with E-state index in [2.05, 4.69) is 4.74 Å². The zero-order valence-corrected chi connectivity index (χ0v) is 48.4. The average molecular weight is 1280 g/mol. The van der Waals surface area contributed by atoms with Crippen molar-refractivity contribution in [1.29, 1.82) is 0 Å². The quantitative estimate of drug-likeness (QED) is 0.0123. The molecule has 5 aromatic carbocycles. The number of benzene rings is 5. The number of unbranched alkanes of at least 4 members (excludes halogenated alkanes) is 2. The van der Waals surface area contributed by atoms with Gasteiger partial charge in [0.1, 0.15) is 62.0 Å². The second-order valence-electron chi connectivity index (χ2n) is 19.7. The van der Waals surface area contributed by atoms with Gasteiger partial charge in [0.05, 0.1) is 41.7 Å². The molecule has 1 unspecified atom stereocenters. The lowest BCUT2D eigenvalue weighted by Gasteiger charge is -2.31. The first-order valence-corrected chi connectivity index (χ1v) is 32.8. The molecule has 2 aliphatic heterocycles. The number of rotatable bonds is 22. The third-order valence-corrected chi connectivity index (χ3v) is 19.0. The second-order valence-corrected chi connectivity index (χ2v) is 28.0. The van der Waals surface area contributed by atoms with Crippen LogP contribution in [0.4, 0.5) is 28.9 Å². The number of halogens is 4. The molecule has 23 nitrogen and oxygen atoms in total. The molecule has 0 spiro atoms. The number of nitrogens with zero attached hydrogens (tertiary/aromatic N) is 2. The van der Waals surface area contributed by atoms with E-state index in [1.54, 1.807) is 42.4 Å². The van der Waals surface area contributed by atoms with Crippen molar-refractivity contribution in [2.24, 2.45) is 0 Å². The topological polar surface area (TPSA) is 385 Å². The van der Waals surface area contributed by atoms with Gasteiger partial charge in [0.25, 0.3) is 0 Å². The molecular weight excluding hydrogens is 1230 g/mol. The van der Waals surface area contributed by atoms with E-state index in [9.17, 15) is 100 Å². The van der Waals surface area contributed by atoms with E-state index in [0.29, 0.717) is 29.2 Å². The Kier molecular flexibility index (Phi) is 17.9. The van der Waals surface area contributed by atoms with Gasteiger partial charge >= 0.3 is 5.97 Å². The maximum absolute atomic E-state index is 14.6. The molecule has 0 bridgehead atoms. The number of fused-ring (bicyclic) bond motifs is 6. The minimum atomic E-state index is -6.06. The summed E-state index contributed by atoms with van der Waals surface area (Å²) in [5, 5.41) is -0.827. The molecule has 0 aromatic heterocycles. The summed E-state index contributed by atoms with van der Waals surface area (Å²) in [4.78, 5) is 7.69. The number of carbonyl (C=O) groups is 1. The van der Waals surface area contributed by atoms with Crippen LogP contribution in [0.5, 0.6) is 5.75 Å². The van der Waals surface area contributed by atoms with Crippen LogP contribution >= 0.6 is 0 Å². The number of esters is 1. The number of allylic oxidation sites excluding steroid dienone is 6. The molecule has 33 heteroatoms. The molecule has 5 aromatic rings. The van der Waals surface area contributed by atoms with E-state index < -0.39 is 143 Å². The average Bonchev–Trinajstić information content (AvgIpc) is 1.73. The summed E-state index contributed by atoms with van der Waals surface area (Å²) in [5.74, 6) is -14.5. The Labute approximate surface area is 473 Å². The van der Waals surface area contributed by atoms with Gasteiger partial charge in [-0.3, -0.25) is 4.79 Å². The smallest absolute Gasteiger partial charge is 0.311 e. The molecule has 0 fully saturated rings. The highest BCUT2D eigenvalue weighted by Crippen LogP contribution is 2.54. The van der Waals surface area contributed by atoms with Crippen molar-refractivity contribution in [2.75, 3.05) is 37.5 Å². The Morgan fingerprint density at radius 1 is 0.627 bits per heavy atom. The van der Waals surface area contributed by atoms with Gasteiger partial charge < -0.3 is 41.7 Å². The van der Waals surface area contributed by atoms with Gasteiger partial charge in [-0.05, 0) is 111 Å². The number of hydrogen-bond donors (Lipinski definition) is 0. The third kappa shape index (κ3) is 13.1. The van der Waals surface area contributed by atoms with Crippen LogP contribution in [-0.4, -0.2) is 127 Å². The summed E-state index contributed by atoms with van der Waals surface area (Å²) in [5.41, 5.74) is -1.07. The number of carbonyl (C=O) groups excluding carboxylic acids is 1. The number of hydrogen-bond acceptors (Lipinski definition) is 22. The molecule has 0 amide bonds. The minimum absolute atomic E-state index is 0.00428. The zero-order valence-electron chi connectivity index (χ0n) is 43.5. The predicted molar refractivity (Wildman–Crippen MR) is 278 cm³/mol. The Balaban J connectivity index is 1.30. The molecule has 7 rings (SSSR count). The minimum Gasteiger partial charge on any atom is -0.748 e. The highest BCUT2D eigenvalue weighted by molar-refractivity contribution is 7.87. The summed E-state index contributed by atoms with van der Waals surface area (Å²) in [6, 6.07) is 7.96. The first-order chi connectivity index (χ1) is 38.2. The molecule has 0 saturated carbocycles. The van der Waals surface area contributed by atoms with Crippen molar-refractivity contribution in [1.82, 2.24) is 0 Å². The van der Waals surface area contributed by atoms with E-state index in [4.69, 9.17) is 4.74 Å².